The van der Waals surface area contributed by atoms with Crippen LogP contribution in [-0.2, 0) is 4.79 Å². The molecular formula is C16H19N3O4. The summed E-state index contributed by atoms with van der Waals surface area (Å²) in [6, 6.07) is 1.73. The second-order valence-electron chi connectivity index (χ2n) is 6.26. The summed E-state index contributed by atoms with van der Waals surface area (Å²) in [5.41, 5.74) is 0.736. The number of hydrogen-bond acceptors (Lipinski definition) is 5. The highest BCUT2D eigenvalue weighted by molar-refractivity contribution is 6.07. The molecule has 122 valence electrons. The number of aryl methyl sites for hydroxylation is 1. The van der Waals surface area contributed by atoms with Crippen LogP contribution in [-0.4, -0.2) is 32.7 Å². The minimum Gasteiger partial charge on any atom is -0.480 e. The van der Waals surface area contributed by atoms with Crippen molar-refractivity contribution in [3.05, 3.63) is 23.0 Å². The zero-order valence-electron chi connectivity index (χ0n) is 13.3. The standard InChI is InChI=1S/C16H19N3O4/c1-4-16(3,15(21)22)18-13(20)10-7-11(9-5-6-9)17-14-12(10)8(2)19-23-14/h7,9H,4-6H2,1-3H3,(H,18,20)(H,21,22). The number of nitrogens with one attached hydrogen (secondary N) is 1. The Morgan fingerprint density at radius 3 is 2.74 bits per heavy atom. The van der Waals surface area contributed by atoms with Crippen LogP contribution in [0.3, 0.4) is 0 Å². The van der Waals surface area contributed by atoms with Gasteiger partial charge in [0.1, 0.15) is 5.54 Å². The Bertz CT molecular complexity index is 794. The highest BCUT2D eigenvalue weighted by Gasteiger charge is 2.35. The van der Waals surface area contributed by atoms with Crippen molar-refractivity contribution in [1.82, 2.24) is 15.5 Å². The summed E-state index contributed by atoms with van der Waals surface area (Å²) in [5, 5.41) is 16.4. The Morgan fingerprint density at radius 1 is 1.48 bits per heavy atom. The van der Waals surface area contributed by atoms with E-state index in [9.17, 15) is 14.7 Å². The Labute approximate surface area is 133 Å². The minimum absolute atomic E-state index is 0.278. The fraction of sp³-hybridized carbons (Fsp3) is 0.500. The van der Waals surface area contributed by atoms with Gasteiger partial charge in [0.05, 0.1) is 16.6 Å². The summed E-state index contributed by atoms with van der Waals surface area (Å²) in [7, 11) is 0. The first-order valence-electron chi connectivity index (χ1n) is 7.68. The molecule has 2 aromatic rings. The van der Waals surface area contributed by atoms with E-state index in [-0.39, 0.29) is 6.42 Å². The Morgan fingerprint density at radius 2 is 2.17 bits per heavy atom. The fourth-order valence-corrected chi connectivity index (χ4v) is 2.49. The van der Waals surface area contributed by atoms with Crippen LogP contribution in [0.1, 0.15) is 60.8 Å². The van der Waals surface area contributed by atoms with Gasteiger partial charge in [0.15, 0.2) is 0 Å². The molecule has 0 saturated heterocycles. The van der Waals surface area contributed by atoms with Gasteiger partial charge in [-0.15, -0.1) is 0 Å². The van der Waals surface area contributed by atoms with Gasteiger partial charge in [-0.3, -0.25) is 4.79 Å². The molecule has 0 aromatic carbocycles. The van der Waals surface area contributed by atoms with Crippen LogP contribution >= 0.6 is 0 Å². The molecule has 1 atom stereocenters. The van der Waals surface area contributed by atoms with Gasteiger partial charge in [0.25, 0.3) is 11.6 Å². The van der Waals surface area contributed by atoms with E-state index in [1.165, 1.54) is 6.92 Å². The molecule has 1 amide bonds. The van der Waals surface area contributed by atoms with E-state index in [1.54, 1.807) is 19.9 Å². The molecule has 0 spiro atoms. The number of aliphatic carboxylic acids is 1. The summed E-state index contributed by atoms with van der Waals surface area (Å²) in [5.74, 6) is -1.17. The Hall–Kier alpha value is -2.44. The van der Waals surface area contributed by atoms with E-state index in [0.717, 1.165) is 18.5 Å². The average molecular weight is 317 g/mol. The van der Waals surface area contributed by atoms with Crippen LogP contribution in [0.15, 0.2) is 10.6 Å². The molecule has 0 bridgehead atoms. The summed E-state index contributed by atoms with van der Waals surface area (Å²) in [6.07, 6.45) is 2.35. The largest absolute Gasteiger partial charge is 0.480 e. The number of aromatic nitrogens is 2. The second-order valence-corrected chi connectivity index (χ2v) is 6.26. The molecule has 7 nitrogen and oxygen atoms in total. The molecule has 7 heteroatoms. The molecule has 0 aliphatic heterocycles. The van der Waals surface area contributed by atoms with Crippen LogP contribution in [0.2, 0.25) is 0 Å². The molecule has 1 fully saturated rings. The van der Waals surface area contributed by atoms with Gasteiger partial charge in [0, 0.05) is 11.6 Å². The molecular weight excluding hydrogens is 298 g/mol. The molecule has 1 aliphatic carbocycles. The van der Waals surface area contributed by atoms with E-state index in [2.05, 4.69) is 15.5 Å². The zero-order chi connectivity index (χ0) is 16.8. The van der Waals surface area contributed by atoms with E-state index in [1.807, 2.05) is 0 Å². The van der Waals surface area contributed by atoms with Crippen molar-refractivity contribution < 1.29 is 19.2 Å². The maximum absolute atomic E-state index is 12.7. The molecule has 3 rings (SSSR count). The second kappa shape index (κ2) is 5.33. The molecule has 2 N–H and O–H groups in total. The number of amides is 1. The van der Waals surface area contributed by atoms with Crippen LogP contribution in [0.4, 0.5) is 0 Å². The lowest BCUT2D eigenvalue weighted by Gasteiger charge is -2.24. The predicted molar refractivity (Wildman–Crippen MR) is 82.3 cm³/mol. The van der Waals surface area contributed by atoms with Gasteiger partial charge in [0.2, 0.25) is 0 Å². The summed E-state index contributed by atoms with van der Waals surface area (Å²) in [6.45, 7) is 4.95. The van der Waals surface area contributed by atoms with Crippen molar-refractivity contribution in [3.8, 4) is 0 Å². The number of hydrogen-bond donors (Lipinski definition) is 2. The Kier molecular flexibility index (Phi) is 3.58. The van der Waals surface area contributed by atoms with Gasteiger partial charge in [-0.25, -0.2) is 9.78 Å². The van der Waals surface area contributed by atoms with Crippen molar-refractivity contribution in [2.45, 2.75) is 51.5 Å². The minimum atomic E-state index is -1.32. The smallest absolute Gasteiger partial charge is 0.329 e. The van der Waals surface area contributed by atoms with E-state index >= 15 is 0 Å². The highest BCUT2D eigenvalue weighted by Crippen LogP contribution is 2.40. The van der Waals surface area contributed by atoms with E-state index in [4.69, 9.17) is 4.52 Å². The number of carboxylic acids is 1. The molecule has 2 heterocycles. The summed E-state index contributed by atoms with van der Waals surface area (Å²) in [4.78, 5) is 28.6. The lowest BCUT2D eigenvalue weighted by Crippen LogP contribution is -2.51. The first kappa shape index (κ1) is 15.5. The van der Waals surface area contributed by atoms with Gasteiger partial charge in [-0.1, -0.05) is 12.1 Å². The van der Waals surface area contributed by atoms with Gasteiger partial charge in [-0.05, 0) is 39.2 Å². The van der Waals surface area contributed by atoms with Crippen molar-refractivity contribution in [1.29, 1.82) is 0 Å². The lowest BCUT2D eigenvalue weighted by molar-refractivity contribution is -0.143. The number of carbonyl (C=O) groups excluding carboxylic acids is 1. The Balaban J connectivity index is 2.05. The third-order valence-electron chi connectivity index (χ3n) is 4.45. The van der Waals surface area contributed by atoms with E-state index in [0.29, 0.717) is 28.3 Å². The lowest BCUT2D eigenvalue weighted by atomic mass is 9.98. The molecule has 2 aromatic heterocycles. The van der Waals surface area contributed by atoms with Gasteiger partial charge < -0.3 is 14.9 Å². The van der Waals surface area contributed by atoms with Crippen LogP contribution in [0, 0.1) is 6.92 Å². The first-order valence-corrected chi connectivity index (χ1v) is 7.68. The zero-order valence-corrected chi connectivity index (χ0v) is 13.3. The average Bonchev–Trinajstić information content (AvgIpc) is 3.30. The van der Waals surface area contributed by atoms with Gasteiger partial charge >= 0.3 is 5.97 Å². The number of carbonyl (C=O) groups is 2. The number of rotatable bonds is 5. The molecule has 1 unspecified atom stereocenters. The van der Waals surface area contributed by atoms with Crippen molar-refractivity contribution in [3.63, 3.8) is 0 Å². The van der Waals surface area contributed by atoms with Crippen molar-refractivity contribution >= 4 is 23.0 Å². The third-order valence-corrected chi connectivity index (χ3v) is 4.45. The normalized spacial score (nSPS) is 17.0. The number of pyridine rings is 1. The molecule has 23 heavy (non-hydrogen) atoms. The molecule has 1 aliphatic rings. The third kappa shape index (κ3) is 2.67. The highest BCUT2D eigenvalue weighted by atomic mass is 16.5. The monoisotopic (exact) mass is 317 g/mol. The number of carboxylic acid groups (broad SMARTS) is 1. The topological polar surface area (TPSA) is 105 Å². The quantitative estimate of drug-likeness (QED) is 0.877. The molecule has 1 saturated carbocycles. The maximum Gasteiger partial charge on any atom is 0.329 e. The molecule has 0 radical (unpaired) electrons. The summed E-state index contributed by atoms with van der Waals surface area (Å²) < 4.78 is 5.20. The number of nitrogens with zero attached hydrogens (tertiary/aromatic N) is 2. The first-order chi connectivity index (χ1) is 10.9. The van der Waals surface area contributed by atoms with Crippen LogP contribution in [0.5, 0.6) is 0 Å². The van der Waals surface area contributed by atoms with Crippen molar-refractivity contribution in [2.24, 2.45) is 0 Å². The van der Waals surface area contributed by atoms with Crippen LogP contribution in [0.25, 0.3) is 11.1 Å². The summed E-state index contributed by atoms with van der Waals surface area (Å²) >= 11 is 0. The van der Waals surface area contributed by atoms with E-state index < -0.39 is 17.4 Å². The SMILES string of the molecule is CCC(C)(NC(=O)c1cc(C2CC2)nc2onc(C)c12)C(=O)O. The maximum atomic E-state index is 12.7. The van der Waals surface area contributed by atoms with Gasteiger partial charge in [-0.2, -0.15) is 0 Å². The fourth-order valence-electron chi connectivity index (χ4n) is 2.49. The van der Waals surface area contributed by atoms with Crippen LogP contribution < -0.4 is 5.32 Å². The van der Waals surface area contributed by atoms with Crippen molar-refractivity contribution in [2.75, 3.05) is 0 Å². The predicted octanol–water partition coefficient (Wildman–Crippen LogP) is 2.39. The number of fused-ring (bicyclic) bond motifs is 1.